The van der Waals surface area contributed by atoms with Gasteiger partial charge in [0.25, 0.3) is 0 Å². The molecule has 2 aromatic carbocycles. The summed E-state index contributed by atoms with van der Waals surface area (Å²) in [6.45, 7) is 2.60. The van der Waals surface area contributed by atoms with Crippen molar-refractivity contribution in [3.05, 3.63) is 47.5 Å². The third-order valence-corrected chi connectivity index (χ3v) is 3.89. The van der Waals surface area contributed by atoms with Gasteiger partial charge < -0.3 is 24.1 Å². The van der Waals surface area contributed by atoms with Crippen molar-refractivity contribution in [1.29, 1.82) is 0 Å². The first-order valence-corrected chi connectivity index (χ1v) is 8.52. The van der Waals surface area contributed by atoms with Crippen LogP contribution in [0.25, 0.3) is 11.6 Å². The fraction of sp³-hybridized carbons (Fsp3) is 0.286. The number of carboxylic acid groups (broad SMARTS) is 1. The van der Waals surface area contributed by atoms with E-state index in [4.69, 9.17) is 18.9 Å². The van der Waals surface area contributed by atoms with Crippen molar-refractivity contribution in [1.82, 2.24) is 0 Å². The third-order valence-electron chi connectivity index (χ3n) is 3.89. The maximum atomic E-state index is 11.8. The van der Waals surface area contributed by atoms with E-state index in [1.807, 2.05) is 6.92 Å². The molecule has 0 spiro atoms. The van der Waals surface area contributed by atoms with Crippen molar-refractivity contribution >= 4 is 17.6 Å². The van der Waals surface area contributed by atoms with E-state index in [1.54, 1.807) is 49.6 Å². The first-order valence-electron chi connectivity index (χ1n) is 8.52. The van der Waals surface area contributed by atoms with E-state index in [-0.39, 0.29) is 5.57 Å². The zero-order chi connectivity index (χ0) is 19.8. The lowest BCUT2D eigenvalue weighted by molar-refractivity contribution is -0.130. The molecule has 2 aromatic rings. The number of ether oxygens (including phenoxy) is 4. The highest BCUT2D eigenvalue weighted by Gasteiger charge is 2.15. The molecule has 0 aliphatic carbocycles. The lowest BCUT2D eigenvalue weighted by Gasteiger charge is -2.12. The van der Waals surface area contributed by atoms with Gasteiger partial charge in [0.1, 0.15) is 0 Å². The van der Waals surface area contributed by atoms with E-state index in [0.29, 0.717) is 40.7 Å². The Hall–Kier alpha value is -3.15. The van der Waals surface area contributed by atoms with Crippen LogP contribution in [-0.2, 0) is 4.79 Å². The van der Waals surface area contributed by atoms with Crippen molar-refractivity contribution in [2.24, 2.45) is 0 Å². The van der Waals surface area contributed by atoms with E-state index >= 15 is 0 Å². The highest BCUT2D eigenvalue weighted by Crippen LogP contribution is 2.33. The lowest BCUT2D eigenvalue weighted by Crippen LogP contribution is -2.01. The van der Waals surface area contributed by atoms with Gasteiger partial charge in [0.2, 0.25) is 0 Å². The molecule has 6 heteroatoms. The van der Waals surface area contributed by atoms with Crippen LogP contribution in [0.15, 0.2) is 36.4 Å². The maximum absolute atomic E-state index is 11.8. The van der Waals surface area contributed by atoms with Crippen LogP contribution < -0.4 is 18.9 Å². The van der Waals surface area contributed by atoms with Crippen molar-refractivity contribution < 1.29 is 28.8 Å². The third kappa shape index (κ3) is 4.94. The minimum atomic E-state index is -1.05. The van der Waals surface area contributed by atoms with Crippen LogP contribution in [0.3, 0.4) is 0 Å². The summed E-state index contributed by atoms with van der Waals surface area (Å²) < 4.78 is 21.5. The van der Waals surface area contributed by atoms with E-state index in [2.05, 4.69) is 0 Å². The smallest absolute Gasteiger partial charge is 0.336 e. The Balaban J connectivity index is 2.45. The summed E-state index contributed by atoms with van der Waals surface area (Å²) in [6, 6.07) is 10.3. The Kier molecular flexibility index (Phi) is 7.11. The first-order chi connectivity index (χ1) is 13.0. The summed E-state index contributed by atoms with van der Waals surface area (Å²) >= 11 is 0. The molecule has 6 nitrogen and oxygen atoms in total. The number of rotatable bonds is 9. The van der Waals surface area contributed by atoms with E-state index in [0.717, 1.165) is 6.42 Å². The molecule has 0 unspecified atom stereocenters. The standard InChI is InChI=1S/C21H24O6/c1-5-10-27-18-8-6-14(12-19(18)25-3)11-16(21(22)23)15-7-9-17(24-2)20(13-15)26-4/h6-9,11-13H,5,10H2,1-4H3,(H,22,23)/b16-11-. The summed E-state index contributed by atoms with van der Waals surface area (Å²) in [7, 11) is 4.58. The second-order valence-corrected chi connectivity index (χ2v) is 5.69. The quantitative estimate of drug-likeness (QED) is 0.527. The zero-order valence-electron chi connectivity index (χ0n) is 15.9. The van der Waals surface area contributed by atoms with Crippen molar-refractivity contribution in [3.63, 3.8) is 0 Å². The molecule has 0 fully saturated rings. The minimum absolute atomic E-state index is 0.125. The number of carboxylic acids is 1. The Bertz CT molecular complexity index is 825. The van der Waals surface area contributed by atoms with Crippen LogP contribution in [0.1, 0.15) is 24.5 Å². The molecule has 0 radical (unpaired) electrons. The number of benzene rings is 2. The van der Waals surface area contributed by atoms with Crippen molar-refractivity contribution in [2.45, 2.75) is 13.3 Å². The van der Waals surface area contributed by atoms with E-state index < -0.39 is 5.97 Å². The highest BCUT2D eigenvalue weighted by molar-refractivity contribution is 6.20. The van der Waals surface area contributed by atoms with Gasteiger partial charge >= 0.3 is 5.97 Å². The van der Waals surface area contributed by atoms with Crippen LogP contribution in [0.4, 0.5) is 0 Å². The van der Waals surface area contributed by atoms with Gasteiger partial charge in [-0.2, -0.15) is 0 Å². The maximum Gasteiger partial charge on any atom is 0.336 e. The monoisotopic (exact) mass is 372 g/mol. The second kappa shape index (κ2) is 9.52. The predicted octanol–water partition coefficient (Wildman–Crippen LogP) is 4.13. The molecule has 0 heterocycles. The molecule has 27 heavy (non-hydrogen) atoms. The van der Waals surface area contributed by atoms with Crippen molar-refractivity contribution in [3.8, 4) is 23.0 Å². The summed E-state index contributed by atoms with van der Waals surface area (Å²) in [6.07, 6.45) is 2.46. The van der Waals surface area contributed by atoms with Gasteiger partial charge in [0.05, 0.1) is 33.5 Å². The van der Waals surface area contributed by atoms with Crippen molar-refractivity contribution in [2.75, 3.05) is 27.9 Å². The molecule has 0 saturated carbocycles. The molecule has 0 bridgehead atoms. The molecule has 0 aliphatic rings. The first kappa shape index (κ1) is 20.2. The van der Waals surface area contributed by atoms with Crippen LogP contribution in [0, 0.1) is 0 Å². The summed E-state index contributed by atoms with van der Waals surface area (Å²) in [4.78, 5) is 11.8. The van der Waals surface area contributed by atoms with Gasteiger partial charge in [-0.15, -0.1) is 0 Å². The van der Waals surface area contributed by atoms with E-state index in [1.165, 1.54) is 14.2 Å². The van der Waals surface area contributed by atoms with Gasteiger partial charge in [0.15, 0.2) is 23.0 Å². The molecule has 0 atom stereocenters. The lowest BCUT2D eigenvalue weighted by atomic mass is 10.0. The summed E-state index contributed by atoms with van der Waals surface area (Å²) in [5.41, 5.74) is 1.31. The molecule has 1 N–H and O–H groups in total. The largest absolute Gasteiger partial charge is 0.493 e. The van der Waals surface area contributed by atoms with Gasteiger partial charge in [-0.25, -0.2) is 4.79 Å². The van der Waals surface area contributed by atoms with Gasteiger partial charge in [-0.1, -0.05) is 19.1 Å². The molecule has 0 aliphatic heterocycles. The summed E-state index contributed by atoms with van der Waals surface area (Å²) in [5.74, 6) is 1.12. The molecule has 2 rings (SSSR count). The van der Waals surface area contributed by atoms with Crippen LogP contribution in [0.2, 0.25) is 0 Å². The van der Waals surface area contributed by atoms with Crippen LogP contribution in [0.5, 0.6) is 23.0 Å². The fourth-order valence-electron chi connectivity index (χ4n) is 2.54. The summed E-state index contributed by atoms with van der Waals surface area (Å²) in [5, 5.41) is 9.68. The normalized spacial score (nSPS) is 11.0. The number of hydrogen-bond acceptors (Lipinski definition) is 5. The highest BCUT2D eigenvalue weighted by atomic mass is 16.5. The number of carbonyl (C=O) groups is 1. The van der Waals surface area contributed by atoms with Crippen LogP contribution >= 0.6 is 0 Å². The molecular formula is C21H24O6. The molecule has 0 aromatic heterocycles. The Morgan fingerprint density at radius 2 is 1.56 bits per heavy atom. The van der Waals surface area contributed by atoms with Crippen LogP contribution in [-0.4, -0.2) is 39.0 Å². The predicted molar refractivity (Wildman–Crippen MR) is 104 cm³/mol. The molecule has 0 saturated heterocycles. The zero-order valence-corrected chi connectivity index (χ0v) is 15.9. The SMILES string of the molecule is CCCOc1ccc(/C=C(\C(=O)O)c2ccc(OC)c(OC)c2)cc1OC. The minimum Gasteiger partial charge on any atom is -0.493 e. The average molecular weight is 372 g/mol. The topological polar surface area (TPSA) is 74.2 Å². The fourth-order valence-corrected chi connectivity index (χ4v) is 2.54. The molecule has 144 valence electrons. The number of aliphatic carboxylic acids is 1. The van der Waals surface area contributed by atoms with Gasteiger partial charge in [0, 0.05) is 0 Å². The van der Waals surface area contributed by atoms with E-state index in [9.17, 15) is 9.90 Å². The number of hydrogen-bond donors (Lipinski definition) is 1. The Labute approximate surface area is 158 Å². The average Bonchev–Trinajstić information content (AvgIpc) is 2.69. The number of methoxy groups -OCH3 is 3. The van der Waals surface area contributed by atoms with Gasteiger partial charge in [-0.3, -0.25) is 0 Å². The second-order valence-electron chi connectivity index (χ2n) is 5.69. The van der Waals surface area contributed by atoms with Gasteiger partial charge in [-0.05, 0) is 47.9 Å². The molecular weight excluding hydrogens is 348 g/mol. The molecule has 0 amide bonds. The Morgan fingerprint density at radius 1 is 0.926 bits per heavy atom. The Morgan fingerprint density at radius 3 is 2.15 bits per heavy atom.